The zero-order valence-electron chi connectivity index (χ0n) is 24.9. The number of piperazine rings is 1. The van der Waals surface area contributed by atoms with E-state index in [1.807, 2.05) is 53.4 Å². The maximum absolute atomic E-state index is 13.7. The minimum Gasteiger partial charge on any atom is -0.482 e. The summed E-state index contributed by atoms with van der Waals surface area (Å²) < 4.78 is 62.4. The smallest absolute Gasteiger partial charge is 0.422 e. The highest BCUT2D eigenvalue weighted by Crippen LogP contribution is 2.32. The molecule has 2 heterocycles. The van der Waals surface area contributed by atoms with Crippen LogP contribution < -0.4 is 15.0 Å². The Morgan fingerprint density at radius 3 is 2.33 bits per heavy atom. The minimum atomic E-state index is -4.52. The number of amides is 1. The van der Waals surface area contributed by atoms with Gasteiger partial charge in [-0.05, 0) is 43.5 Å². The van der Waals surface area contributed by atoms with Crippen LogP contribution in [0.25, 0.3) is 11.3 Å². The molecule has 11 heteroatoms. The standard InChI is InChI=1S/C34H36F4N4O3/c35-27-15-16-28(30(23-27)44-24-34(36,37)38)42-21-19-41(20-22-42)18-8-17-39-33(43)31-29(14-7-11-25-9-3-1-4-10-25)45-40-32(31)26-12-5-2-6-13-26/h1-6,9-10,12-13,15-16,23H,7-8,11,14,17-22,24H2,(H,39,43). The van der Waals surface area contributed by atoms with Gasteiger partial charge in [0.1, 0.15) is 28.6 Å². The first kappa shape index (κ1) is 32.0. The van der Waals surface area contributed by atoms with Gasteiger partial charge in [-0.15, -0.1) is 0 Å². The second-order valence-corrected chi connectivity index (χ2v) is 11.0. The summed E-state index contributed by atoms with van der Waals surface area (Å²) in [6.45, 7) is 2.13. The third-order valence-electron chi connectivity index (χ3n) is 7.71. The Morgan fingerprint density at radius 1 is 0.911 bits per heavy atom. The van der Waals surface area contributed by atoms with Crippen LogP contribution in [0.4, 0.5) is 23.2 Å². The highest BCUT2D eigenvalue weighted by Gasteiger charge is 2.30. The minimum absolute atomic E-state index is 0.119. The largest absolute Gasteiger partial charge is 0.482 e. The van der Waals surface area contributed by atoms with E-state index in [0.29, 0.717) is 68.3 Å². The Balaban J connectivity index is 1.13. The summed E-state index contributed by atoms with van der Waals surface area (Å²) in [5.41, 5.74) is 3.46. The van der Waals surface area contributed by atoms with E-state index in [1.165, 1.54) is 17.7 Å². The van der Waals surface area contributed by atoms with Crippen molar-refractivity contribution in [2.75, 3.05) is 50.8 Å². The quantitative estimate of drug-likeness (QED) is 0.135. The molecule has 1 amide bonds. The van der Waals surface area contributed by atoms with Crippen molar-refractivity contribution in [1.82, 2.24) is 15.4 Å². The van der Waals surface area contributed by atoms with Crippen LogP contribution in [0.15, 0.2) is 83.4 Å². The number of hydrogen-bond acceptors (Lipinski definition) is 6. The van der Waals surface area contributed by atoms with E-state index < -0.39 is 18.6 Å². The molecule has 0 radical (unpaired) electrons. The number of aromatic nitrogens is 1. The molecule has 0 spiro atoms. The Morgan fingerprint density at radius 2 is 1.62 bits per heavy atom. The van der Waals surface area contributed by atoms with Crippen LogP contribution in [-0.4, -0.2) is 68.0 Å². The molecule has 1 aliphatic heterocycles. The zero-order valence-corrected chi connectivity index (χ0v) is 24.9. The Labute approximate surface area is 259 Å². The molecule has 7 nitrogen and oxygen atoms in total. The average molecular weight is 625 g/mol. The van der Waals surface area contributed by atoms with Gasteiger partial charge in [0, 0.05) is 50.8 Å². The molecule has 0 unspecified atom stereocenters. The summed E-state index contributed by atoms with van der Waals surface area (Å²) in [7, 11) is 0. The summed E-state index contributed by atoms with van der Waals surface area (Å²) in [6.07, 6.45) is -1.55. The number of aryl methyl sites for hydroxylation is 2. The van der Waals surface area contributed by atoms with Crippen LogP contribution in [0.3, 0.4) is 0 Å². The predicted octanol–water partition coefficient (Wildman–Crippen LogP) is 6.54. The lowest BCUT2D eigenvalue weighted by Crippen LogP contribution is -2.47. The fraction of sp³-hybridized carbons (Fsp3) is 0.353. The molecule has 45 heavy (non-hydrogen) atoms. The highest BCUT2D eigenvalue weighted by molar-refractivity contribution is 6.00. The van der Waals surface area contributed by atoms with Crippen LogP contribution >= 0.6 is 0 Å². The molecule has 0 bridgehead atoms. The van der Waals surface area contributed by atoms with E-state index in [-0.39, 0.29) is 11.7 Å². The van der Waals surface area contributed by atoms with Crippen LogP contribution in [0.1, 0.15) is 34.5 Å². The molecule has 0 atom stereocenters. The number of hydrogen-bond donors (Lipinski definition) is 1. The lowest BCUT2D eigenvalue weighted by Gasteiger charge is -2.36. The normalized spacial score (nSPS) is 14.0. The van der Waals surface area contributed by atoms with E-state index in [2.05, 4.69) is 27.5 Å². The number of alkyl halides is 3. The number of carbonyl (C=O) groups excluding carboxylic acids is 1. The third kappa shape index (κ3) is 9.07. The molecule has 0 aliphatic carbocycles. The number of carbonyl (C=O) groups is 1. The third-order valence-corrected chi connectivity index (χ3v) is 7.71. The van der Waals surface area contributed by atoms with Crippen molar-refractivity contribution in [3.8, 4) is 17.0 Å². The van der Waals surface area contributed by atoms with Crippen molar-refractivity contribution in [2.24, 2.45) is 0 Å². The van der Waals surface area contributed by atoms with Gasteiger partial charge in [0.2, 0.25) is 0 Å². The Kier molecular flexibility index (Phi) is 10.7. The maximum atomic E-state index is 13.7. The van der Waals surface area contributed by atoms with Gasteiger partial charge in [0.25, 0.3) is 5.91 Å². The first-order valence-corrected chi connectivity index (χ1v) is 15.1. The van der Waals surface area contributed by atoms with Gasteiger partial charge in [-0.3, -0.25) is 9.69 Å². The molecule has 1 aromatic heterocycles. The SMILES string of the molecule is O=C(NCCCN1CCN(c2ccc(F)cc2OCC(F)(F)F)CC1)c1c(-c2ccccc2)noc1CCCc1ccccc1. The number of nitrogens with one attached hydrogen (secondary N) is 1. The van der Waals surface area contributed by atoms with Crippen molar-refractivity contribution in [1.29, 1.82) is 0 Å². The van der Waals surface area contributed by atoms with Crippen LogP contribution in [0, 0.1) is 5.82 Å². The van der Waals surface area contributed by atoms with E-state index in [9.17, 15) is 22.4 Å². The molecule has 238 valence electrons. The lowest BCUT2D eigenvalue weighted by atomic mass is 10.0. The van der Waals surface area contributed by atoms with Gasteiger partial charge in [0.15, 0.2) is 6.61 Å². The fourth-order valence-electron chi connectivity index (χ4n) is 5.45. The summed E-state index contributed by atoms with van der Waals surface area (Å²) >= 11 is 0. The average Bonchev–Trinajstić information content (AvgIpc) is 3.47. The predicted molar refractivity (Wildman–Crippen MR) is 164 cm³/mol. The van der Waals surface area contributed by atoms with Gasteiger partial charge in [-0.2, -0.15) is 13.2 Å². The van der Waals surface area contributed by atoms with E-state index in [4.69, 9.17) is 9.26 Å². The van der Waals surface area contributed by atoms with Gasteiger partial charge in [-0.25, -0.2) is 4.39 Å². The van der Waals surface area contributed by atoms with Crippen LogP contribution in [-0.2, 0) is 12.8 Å². The second-order valence-electron chi connectivity index (χ2n) is 11.0. The lowest BCUT2D eigenvalue weighted by molar-refractivity contribution is -0.153. The molecule has 1 fully saturated rings. The van der Waals surface area contributed by atoms with E-state index in [1.54, 1.807) is 0 Å². The molecule has 4 aromatic rings. The van der Waals surface area contributed by atoms with Crippen molar-refractivity contribution < 1.29 is 31.6 Å². The number of rotatable bonds is 13. The number of anilines is 1. The van der Waals surface area contributed by atoms with Crippen molar-refractivity contribution in [3.63, 3.8) is 0 Å². The molecule has 3 aromatic carbocycles. The van der Waals surface area contributed by atoms with Crippen molar-refractivity contribution in [2.45, 2.75) is 31.9 Å². The molecule has 5 rings (SSSR count). The first-order valence-electron chi connectivity index (χ1n) is 15.1. The number of nitrogens with zero attached hydrogens (tertiary/aromatic N) is 3. The first-order chi connectivity index (χ1) is 21.8. The van der Waals surface area contributed by atoms with Gasteiger partial charge in [0.05, 0.1) is 5.69 Å². The molecular weight excluding hydrogens is 588 g/mol. The fourth-order valence-corrected chi connectivity index (χ4v) is 5.45. The molecule has 1 N–H and O–H groups in total. The molecule has 1 aliphatic rings. The van der Waals surface area contributed by atoms with Gasteiger partial charge < -0.3 is 19.5 Å². The Hall–Kier alpha value is -4.38. The molecule has 0 saturated carbocycles. The second kappa shape index (κ2) is 15.1. The maximum Gasteiger partial charge on any atom is 0.422 e. The molecular formula is C34H36F4N4O3. The Bertz CT molecular complexity index is 1520. The highest BCUT2D eigenvalue weighted by atomic mass is 19.4. The van der Waals surface area contributed by atoms with Gasteiger partial charge >= 0.3 is 6.18 Å². The number of halogens is 4. The monoisotopic (exact) mass is 624 g/mol. The summed E-state index contributed by atoms with van der Waals surface area (Å²) in [6, 6.07) is 23.3. The van der Waals surface area contributed by atoms with Gasteiger partial charge in [-0.1, -0.05) is 65.8 Å². The summed E-state index contributed by atoms with van der Waals surface area (Å²) in [5.74, 6) is -0.431. The number of benzene rings is 3. The summed E-state index contributed by atoms with van der Waals surface area (Å²) in [4.78, 5) is 17.6. The van der Waals surface area contributed by atoms with Crippen molar-refractivity contribution >= 4 is 11.6 Å². The topological polar surface area (TPSA) is 70.8 Å². The van der Waals surface area contributed by atoms with E-state index in [0.717, 1.165) is 31.0 Å². The molecule has 1 saturated heterocycles. The summed E-state index contributed by atoms with van der Waals surface area (Å²) in [5, 5.41) is 7.30. The van der Waals surface area contributed by atoms with Crippen LogP contribution in [0.5, 0.6) is 5.75 Å². The zero-order chi connectivity index (χ0) is 31.6. The van der Waals surface area contributed by atoms with E-state index >= 15 is 0 Å². The van der Waals surface area contributed by atoms with Crippen LogP contribution in [0.2, 0.25) is 0 Å². The number of ether oxygens (including phenoxy) is 1. The van der Waals surface area contributed by atoms with Crippen molar-refractivity contribution in [3.05, 3.63) is 102 Å².